The van der Waals surface area contributed by atoms with Crippen LogP contribution in [0.25, 0.3) is 0 Å². The summed E-state index contributed by atoms with van der Waals surface area (Å²) in [7, 11) is 0. The van der Waals surface area contributed by atoms with Crippen LogP contribution in [0.3, 0.4) is 0 Å². The molecule has 1 aliphatic heterocycles. The van der Waals surface area contributed by atoms with Gasteiger partial charge in [-0.05, 0) is 97.8 Å². The minimum absolute atomic E-state index is 0.406. The molecule has 1 heteroatoms. The Labute approximate surface area is 177 Å². The first-order valence-corrected chi connectivity index (χ1v) is 12.7. The van der Waals surface area contributed by atoms with Gasteiger partial charge in [0.15, 0.2) is 0 Å². The van der Waals surface area contributed by atoms with Gasteiger partial charge in [0.05, 0.1) is 0 Å². The third kappa shape index (κ3) is 3.72. The molecule has 0 aromatic heterocycles. The Kier molecular flexibility index (Phi) is 6.39. The first-order valence-electron chi connectivity index (χ1n) is 12.7. The molecule has 0 amide bonds. The van der Waals surface area contributed by atoms with Gasteiger partial charge >= 0.3 is 0 Å². The van der Waals surface area contributed by atoms with Crippen LogP contribution in [0.2, 0.25) is 0 Å². The van der Waals surface area contributed by atoms with Crippen molar-refractivity contribution in [3.05, 3.63) is 0 Å². The van der Waals surface area contributed by atoms with Gasteiger partial charge in [-0.2, -0.15) is 0 Å². The molecule has 1 N–H and O–H groups in total. The second-order valence-corrected chi connectivity index (χ2v) is 12.6. The highest BCUT2D eigenvalue weighted by Crippen LogP contribution is 2.74. The Morgan fingerprint density at radius 1 is 0.929 bits per heavy atom. The lowest BCUT2D eigenvalue weighted by molar-refractivity contribution is 0.0170. The quantitative estimate of drug-likeness (QED) is 0.406. The lowest BCUT2D eigenvalue weighted by atomic mass is 9.59. The van der Waals surface area contributed by atoms with E-state index in [9.17, 15) is 0 Å². The maximum atomic E-state index is 3.74. The van der Waals surface area contributed by atoms with E-state index in [1.807, 2.05) is 0 Å². The van der Waals surface area contributed by atoms with E-state index in [1.165, 1.54) is 51.5 Å². The Morgan fingerprint density at radius 3 is 2.07 bits per heavy atom. The molecule has 2 aliphatic carbocycles. The standard InChI is InChI=1S/C27H51N/c1-10-18(2)11-12-19(3)25(7)17-26(25,8)22(6)24-14-23(15-24)13-20(4)27(9)21(5)16-28-27/h18-24,28H,10-17H2,1-9H3. The van der Waals surface area contributed by atoms with Crippen molar-refractivity contribution in [2.24, 2.45) is 52.3 Å². The zero-order valence-corrected chi connectivity index (χ0v) is 20.7. The van der Waals surface area contributed by atoms with Gasteiger partial charge in [0.25, 0.3) is 0 Å². The molecule has 1 saturated heterocycles. The zero-order chi connectivity index (χ0) is 20.9. The average Bonchev–Trinajstić information content (AvgIpc) is 3.23. The maximum absolute atomic E-state index is 3.74. The van der Waals surface area contributed by atoms with Gasteiger partial charge in [0, 0.05) is 5.54 Å². The monoisotopic (exact) mass is 389 g/mol. The molecule has 3 aliphatic rings. The molecule has 8 atom stereocenters. The summed E-state index contributed by atoms with van der Waals surface area (Å²) in [5.41, 5.74) is 1.60. The molecule has 1 heterocycles. The topological polar surface area (TPSA) is 12.0 Å². The summed E-state index contributed by atoms with van der Waals surface area (Å²) in [5.74, 6) is 6.34. The fourth-order valence-corrected chi connectivity index (χ4v) is 7.14. The van der Waals surface area contributed by atoms with Crippen molar-refractivity contribution in [3.63, 3.8) is 0 Å². The molecule has 0 aromatic rings. The van der Waals surface area contributed by atoms with E-state index in [4.69, 9.17) is 0 Å². The van der Waals surface area contributed by atoms with Crippen LogP contribution < -0.4 is 5.32 Å². The molecule has 8 unspecified atom stereocenters. The molecular formula is C27H51N. The van der Waals surface area contributed by atoms with Gasteiger partial charge in [-0.3, -0.25) is 0 Å². The zero-order valence-electron chi connectivity index (χ0n) is 20.7. The molecular weight excluding hydrogens is 338 g/mol. The van der Waals surface area contributed by atoms with Crippen LogP contribution in [0.1, 0.15) is 107 Å². The van der Waals surface area contributed by atoms with Crippen LogP contribution in [0.4, 0.5) is 0 Å². The van der Waals surface area contributed by atoms with Crippen molar-refractivity contribution < 1.29 is 0 Å². The normalized spacial score (nSPS) is 46.8. The molecule has 3 rings (SSSR count). The molecule has 28 heavy (non-hydrogen) atoms. The van der Waals surface area contributed by atoms with Crippen molar-refractivity contribution in [3.8, 4) is 0 Å². The lowest BCUT2D eigenvalue weighted by Gasteiger charge is -2.53. The minimum Gasteiger partial charge on any atom is -0.311 e. The van der Waals surface area contributed by atoms with Crippen LogP contribution in [0.15, 0.2) is 0 Å². The van der Waals surface area contributed by atoms with E-state index >= 15 is 0 Å². The summed E-state index contributed by atoms with van der Waals surface area (Å²) in [6.07, 6.45) is 10.1. The molecule has 0 radical (unpaired) electrons. The predicted octanol–water partition coefficient (Wildman–Crippen LogP) is 7.55. The average molecular weight is 390 g/mol. The Balaban J connectivity index is 1.46. The SMILES string of the molecule is CCC(C)CCC(C)C1(C)CC1(C)C(C)C1CC(CC(C)C2(C)NCC2C)C1. The fourth-order valence-electron chi connectivity index (χ4n) is 7.14. The first kappa shape index (κ1) is 22.6. The van der Waals surface area contributed by atoms with E-state index in [2.05, 4.69) is 67.6 Å². The summed E-state index contributed by atoms with van der Waals surface area (Å²) in [6.45, 7) is 23.8. The summed E-state index contributed by atoms with van der Waals surface area (Å²) < 4.78 is 0. The molecule has 0 bridgehead atoms. The van der Waals surface area contributed by atoms with Crippen LogP contribution in [-0.2, 0) is 0 Å². The first-order chi connectivity index (χ1) is 13.0. The predicted molar refractivity (Wildman–Crippen MR) is 123 cm³/mol. The summed E-state index contributed by atoms with van der Waals surface area (Å²) in [5, 5.41) is 3.74. The smallest absolute Gasteiger partial charge is 0.0216 e. The Hall–Kier alpha value is -0.0400. The molecule has 0 spiro atoms. The van der Waals surface area contributed by atoms with Crippen molar-refractivity contribution >= 4 is 0 Å². The van der Waals surface area contributed by atoms with Gasteiger partial charge < -0.3 is 5.32 Å². The minimum atomic E-state index is 0.406. The largest absolute Gasteiger partial charge is 0.311 e. The van der Waals surface area contributed by atoms with Gasteiger partial charge in [-0.1, -0.05) is 68.2 Å². The number of nitrogens with one attached hydrogen (secondary N) is 1. The summed E-state index contributed by atoms with van der Waals surface area (Å²) in [6, 6.07) is 0. The van der Waals surface area contributed by atoms with Gasteiger partial charge in [0.1, 0.15) is 0 Å². The second-order valence-electron chi connectivity index (χ2n) is 12.6. The van der Waals surface area contributed by atoms with Crippen LogP contribution >= 0.6 is 0 Å². The highest BCUT2D eigenvalue weighted by molar-refractivity contribution is 5.15. The van der Waals surface area contributed by atoms with Gasteiger partial charge in [-0.15, -0.1) is 0 Å². The molecule has 164 valence electrons. The van der Waals surface area contributed by atoms with E-state index in [-0.39, 0.29) is 0 Å². The van der Waals surface area contributed by atoms with Gasteiger partial charge in [-0.25, -0.2) is 0 Å². The third-order valence-corrected chi connectivity index (χ3v) is 11.3. The number of hydrogen-bond donors (Lipinski definition) is 1. The van der Waals surface area contributed by atoms with E-state index < -0.39 is 0 Å². The Morgan fingerprint density at radius 2 is 1.57 bits per heavy atom. The third-order valence-electron chi connectivity index (χ3n) is 11.3. The van der Waals surface area contributed by atoms with E-state index in [0.717, 1.165) is 41.4 Å². The van der Waals surface area contributed by atoms with Crippen molar-refractivity contribution in [1.29, 1.82) is 0 Å². The molecule has 2 saturated carbocycles. The summed E-state index contributed by atoms with van der Waals surface area (Å²) in [4.78, 5) is 0. The highest BCUT2D eigenvalue weighted by atomic mass is 15.1. The van der Waals surface area contributed by atoms with Crippen LogP contribution in [0, 0.1) is 52.3 Å². The number of rotatable bonds is 10. The van der Waals surface area contributed by atoms with E-state index in [1.54, 1.807) is 0 Å². The van der Waals surface area contributed by atoms with Crippen molar-refractivity contribution in [2.75, 3.05) is 6.54 Å². The second kappa shape index (κ2) is 7.90. The molecule has 3 fully saturated rings. The molecule has 0 aromatic carbocycles. The number of hydrogen-bond acceptors (Lipinski definition) is 1. The van der Waals surface area contributed by atoms with Crippen molar-refractivity contribution in [2.45, 2.75) is 113 Å². The van der Waals surface area contributed by atoms with Crippen molar-refractivity contribution in [1.82, 2.24) is 5.32 Å². The maximum Gasteiger partial charge on any atom is 0.0216 e. The Bertz CT molecular complexity index is 536. The van der Waals surface area contributed by atoms with Crippen LogP contribution in [-0.4, -0.2) is 12.1 Å². The van der Waals surface area contributed by atoms with E-state index in [0.29, 0.717) is 16.4 Å². The lowest BCUT2D eigenvalue weighted by Crippen LogP contribution is -2.65. The molecule has 1 nitrogen and oxygen atoms in total. The summed E-state index contributed by atoms with van der Waals surface area (Å²) >= 11 is 0. The van der Waals surface area contributed by atoms with Crippen LogP contribution in [0.5, 0.6) is 0 Å². The fraction of sp³-hybridized carbons (Fsp3) is 1.00. The van der Waals surface area contributed by atoms with Gasteiger partial charge in [0.2, 0.25) is 0 Å². The highest BCUT2D eigenvalue weighted by Gasteiger charge is 2.66.